The molecule has 2 heterocycles. The number of thiophene rings is 1. The van der Waals surface area contributed by atoms with E-state index in [1.807, 2.05) is 22.4 Å². The number of rotatable bonds is 7. The van der Waals surface area contributed by atoms with Crippen molar-refractivity contribution in [2.24, 2.45) is 0 Å². The third-order valence-corrected chi connectivity index (χ3v) is 6.26. The van der Waals surface area contributed by atoms with Gasteiger partial charge >= 0.3 is 5.97 Å². The van der Waals surface area contributed by atoms with Crippen LogP contribution in [0.2, 0.25) is 5.02 Å². The minimum atomic E-state index is -0.495. The molecule has 0 bridgehead atoms. The predicted molar refractivity (Wildman–Crippen MR) is 123 cm³/mol. The summed E-state index contributed by atoms with van der Waals surface area (Å²) in [6, 6.07) is 6.84. The van der Waals surface area contributed by atoms with E-state index in [9.17, 15) is 14.4 Å². The van der Waals surface area contributed by atoms with Crippen molar-refractivity contribution in [3.05, 3.63) is 40.2 Å². The molecule has 166 valence electrons. The van der Waals surface area contributed by atoms with E-state index in [1.54, 1.807) is 38.1 Å². The van der Waals surface area contributed by atoms with E-state index in [2.05, 4.69) is 5.32 Å². The number of halogens is 1. The van der Waals surface area contributed by atoms with Crippen molar-refractivity contribution in [2.75, 3.05) is 39.1 Å². The average Bonchev–Trinajstić information content (AvgIpc) is 3.35. The molecule has 1 atom stereocenters. The highest BCUT2D eigenvalue weighted by Gasteiger charge is 2.33. The number of nitrogens with zero attached hydrogens (tertiary/aromatic N) is 2. The standard InChI is InChI=1S/C22H26ClN3O4S/c1-4-30-22(29)19-16(14-7-9-15(23)10-8-14)13-31-20(19)24-18(27)12-26-11-5-6-17(26)21(28)25(2)3/h7-10,13,17H,4-6,11-12H2,1-3H3,(H,24,27)/t17-/m1/s1. The lowest BCUT2D eigenvalue weighted by molar-refractivity contribution is -0.133. The molecule has 7 nitrogen and oxygen atoms in total. The molecule has 1 aliphatic rings. The molecule has 9 heteroatoms. The minimum absolute atomic E-state index is 0.00124. The Hall–Kier alpha value is -2.42. The fourth-order valence-electron chi connectivity index (χ4n) is 3.64. The molecule has 1 aromatic heterocycles. The van der Waals surface area contributed by atoms with Crippen LogP contribution in [0.4, 0.5) is 5.00 Å². The van der Waals surface area contributed by atoms with Crippen LogP contribution in [0.3, 0.4) is 0 Å². The molecule has 2 aromatic rings. The average molecular weight is 464 g/mol. The molecule has 0 radical (unpaired) electrons. The summed E-state index contributed by atoms with van der Waals surface area (Å²) in [6.07, 6.45) is 1.60. The molecule has 31 heavy (non-hydrogen) atoms. The molecule has 0 spiro atoms. The van der Waals surface area contributed by atoms with Gasteiger partial charge in [0.25, 0.3) is 0 Å². The molecule has 3 rings (SSSR count). The van der Waals surface area contributed by atoms with Crippen molar-refractivity contribution < 1.29 is 19.1 Å². The van der Waals surface area contributed by atoms with Crippen molar-refractivity contribution in [3.8, 4) is 11.1 Å². The van der Waals surface area contributed by atoms with Crippen LogP contribution in [0, 0.1) is 0 Å². The summed E-state index contributed by atoms with van der Waals surface area (Å²) in [5, 5.41) is 5.70. The number of nitrogens with one attached hydrogen (secondary N) is 1. The molecule has 1 N–H and O–H groups in total. The van der Waals surface area contributed by atoms with Crippen molar-refractivity contribution >= 4 is 45.7 Å². The monoisotopic (exact) mass is 463 g/mol. The number of carbonyl (C=O) groups excluding carboxylic acids is 3. The topological polar surface area (TPSA) is 79.0 Å². The third-order valence-electron chi connectivity index (χ3n) is 5.11. The van der Waals surface area contributed by atoms with E-state index in [0.717, 1.165) is 18.4 Å². The fraction of sp³-hybridized carbons (Fsp3) is 0.409. The predicted octanol–water partition coefficient (Wildman–Crippen LogP) is 3.74. The van der Waals surface area contributed by atoms with Gasteiger partial charge in [-0.25, -0.2) is 4.79 Å². The quantitative estimate of drug-likeness (QED) is 0.633. The Morgan fingerprint density at radius 1 is 1.26 bits per heavy atom. The van der Waals surface area contributed by atoms with Crippen molar-refractivity contribution in [1.29, 1.82) is 0 Å². The Balaban J connectivity index is 1.80. The second kappa shape index (κ2) is 10.3. The minimum Gasteiger partial charge on any atom is -0.462 e. The zero-order valence-corrected chi connectivity index (χ0v) is 19.4. The first-order valence-electron chi connectivity index (χ1n) is 10.1. The van der Waals surface area contributed by atoms with E-state index >= 15 is 0 Å². The fourth-order valence-corrected chi connectivity index (χ4v) is 4.74. The van der Waals surface area contributed by atoms with E-state index in [4.69, 9.17) is 16.3 Å². The maximum Gasteiger partial charge on any atom is 0.341 e. The summed E-state index contributed by atoms with van der Waals surface area (Å²) in [7, 11) is 3.43. The number of hydrogen-bond acceptors (Lipinski definition) is 6. The van der Waals surface area contributed by atoms with Crippen molar-refractivity contribution in [1.82, 2.24) is 9.80 Å². The molecule has 1 saturated heterocycles. The molecule has 1 aliphatic heterocycles. The first-order valence-corrected chi connectivity index (χ1v) is 11.4. The van der Waals surface area contributed by atoms with Crippen LogP contribution in [-0.2, 0) is 14.3 Å². The summed E-state index contributed by atoms with van der Waals surface area (Å²) in [6.45, 7) is 2.73. The van der Waals surface area contributed by atoms with Crippen LogP contribution in [0.25, 0.3) is 11.1 Å². The lowest BCUT2D eigenvalue weighted by Gasteiger charge is -2.25. The highest BCUT2D eigenvalue weighted by Crippen LogP contribution is 2.36. The highest BCUT2D eigenvalue weighted by atomic mass is 35.5. The van der Waals surface area contributed by atoms with E-state index < -0.39 is 5.97 Å². The van der Waals surface area contributed by atoms with Crippen LogP contribution in [0.1, 0.15) is 30.1 Å². The maximum atomic E-state index is 12.8. The summed E-state index contributed by atoms with van der Waals surface area (Å²) in [5.41, 5.74) is 1.81. The number of amides is 2. The van der Waals surface area contributed by atoms with Gasteiger partial charge in [0.1, 0.15) is 10.6 Å². The molecular weight excluding hydrogens is 438 g/mol. The first-order chi connectivity index (χ1) is 14.8. The van der Waals surface area contributed by atoms with Gasteiger partial charge < -0.3 is 15.0 Å². The number of benzene rings is 1. The molecule has 0 aliphatic carbocycles. The van der Waals surface area contributed by atoms with Gasteiger partial charge in [-0.15, -0.1) is 11.3 Å². The SMILES string of the molecule is CCOC(=O)c1c(-c2ccc(Cl)cc2)csc1NC(=O)CN1CCC[C@@H]1C(=O)N(C)C. The Morgan fingerprint density at radius 3 is 2.61 bits per heavy atom. The highest BCUT2D eigenvalue weighted by molar-refractivity contribution is 7.15. The Bertz CT molecular complexity index is 958. The van der Waals surface area contributed by atoms with Gasteiger partial charge in [-0.05, 0) is 44.0 Å². The lowest BCUT2D eigenvalue weighted by atomic mass is 10.0. The zero-order valence-electron chi connectivity index (χ0n) is 17.8. The normalized spacial score (nSPS) is 16.2. The Morgan fingerprint density at radius 2 is 1.97 bits per heavy atom. The largest absolute Gasteiger partial charge is 0.462 e. The van der Waals surface area contributed by atoms with Crippen LogP contribution in [0.15, 0.2) is 29.6 Å². The van der Waals surface area contributed by atoms with Crippen molar-refractivity contribution in [2.45, 2.75) is 25.8 Å². The van der Waals surface area contributed by atoms with Gasteiger partial charge in [0, 0.05) is 30.1 Å². The molecule has 2 amide bonds. The number of carbonyl (C=O) groups is 3. The van der Waals surface area contributed by atoms with E-state index in [1.165, 1.54) is 11.3 Å². The van der Waals surface area contributed by atoms with Crippen LogP contribution in [0.5, 0.6) is 0 Å². The lowest BCUT2D eigenvalue weighted by Crippen LogP contribution is -2.45. The van der Waals surface area contributed by atoms with Crippen LogP contribution in [-0.4, -0.2) is 67.4 Å². The Labute approximate surface area is 190 Å². The van der Waals surface area contributed by atoms with Crippen LogP contribution >= 0.6 is 22.9 Å². The zero-order chi connectivity index (χ0) is 22.5. The molecule has 1 fully saturated rings. The van der Waals surface area contributed by atoms with Gasteiger partial charge in [0.05, 0.1) is 19.2 Å². The number of ether oxygens (including phenoxy) is 1. The second-order valence-electron chi connectivity index (χ2n) is 7.49. The number of hydrogen-bond donors (Lipinski definition) is 1. The first kappa shape index (κ1) is 23.2. The molecular formula is C22H26ClN3O4S. The summed E-state index contributed by atoms with van der Waals surface area (Å²) < 4.78 is 5.23. The number of esters is 1. The smallest absolute Gasteiger partial charge is 0.341 e. The van der Waals surface area contributed by atoms with Gasteiger partial charge in [0.2, 0.25) is 11.8 Å². The molecule has 0 saturated carbocycles. The Kier molecular flexibility index (Phi) is 7.69. The number of anilines is 1. The summed E-state index contributed by atoms with van der Waals surface area (Å²) in [5.74, 6) is -0.766. The van der Waals surface area contributed by atoms with E-state index in [0.29, 0.717) is 27.7 Å². The van der Waals surface area contributed by atoms with Crippen LogP contribution < -0.4 is 5.32 Å². The molecule has 0 unspecified atom stereocenters. The molecule has 1 aromatic carbocycles. The number of likely N-dealkylation sites (tertiary alicyclic amines) is 1. The third kappa shape index (κ3) is 5.44. The van der Waals surface area contributed by atoms with E-state index in [-0.39, 0.29) is 31.0 Å². The summed E-state index contributed by atoms with van der Waals surface area (Å²) >= 11 is 7.25. The maximum absolute atomic E-state index is 12.8. The summed E-state index contributed by atoms with van der Waals surface area (Å²) in [4.78, 5) is 41.3. The van der Waals surface area contributed by atoms with Gasteiger partial charge in [-0.2, -0.15) is 0 Å². The van der Waals surface area contributed by atoms with Gasteiger partial charge in [-0.3, -0.25) is 14.5 Å². The van der Waals surface area contributed by atoms with Gasteiger partial charge in [0.15, 0.2) is 0 Å². The number of likely N-dealkylation sites (N-methyl/N-ethyl adjacent to an activating group) is 1. The second-order valence-corrected chi connectivity index (χ2v) is 8.81. The van der Waals surface area contributed by atoms with Crippen molar-refractivity contribution in [3.63, 3.8) is 0 Å². The van der Waals surface area contributed by atoms with Gasteiger partial charge in [-0.1, -0.05) is 23.7 Å².